The molecule has 3 nitrogen and oxygen atoms in total. The highest BCUT2D eigenvalue weighted by Gasteiger charge is 2.24. The van der Waals surface area contributed by atoms with Crippen LogP contribution >= 0.6 is 0 Å². The molecule has 0 saturated heterocycles. The third-order valence-electron chi connectivity index (χ3n) is 3.71. The second-order valence-electron chi connectivity index (χ2n) is 5.03. The van der Waals surface area contributed by atoms with Gasteiger partial charge in [0.1, 0.15) is 11.9 Å². The van der Waals surface area contributed by atoms with Crippen LogP contribution < -0.4 is 10.5 Å². The van der Waals surface area contributed by atoms with Crippen molar-refractivity contribution in [2.75, 3.05) is 7.11 Å². The van der Waals surface area contributed by atoms with Crippen LogP contribution in [-0.4, -0.2) is 19.3 Å². The fourth-order valence-corrected chi connectivity index (χ4v) is 2.63. The van der Waals surface area contributed by atoms with Gasteiger partial charge < -0.3 is 15.2 Å². The zero-order chi connectivity index (χ0) is 13.0. The number of hydrogen-bond acceptors (Lipinski definition) is 3. The van der Waals surface area contributed by atoms with Crippen molar-refractivity contribution in [3.8, 4) is 5.75 Å². The van der Waals surface area contributed by atoms with Gasteiger partial charge in [0.15, 0.2) is 0 Å². The lowest BCUT2D eigenvalue weighted by molar-refractivity contribution is 0.0204. The van der Waals surface area contributed by atoms with E-state index in [0.717, 1.165) is 36.1 Å². The molecule has 3 heteroatoms. The predicted molar refractivity (Wildman–Crippen MR) is 72.8 cm³/mol. The second kappa shape index (κ2) is 6.21. The molecule has 0 heterocycles. The number of methoxy groups -OCH3 is 1. The maximum Gasteiger partial charge on any atom is 0.127 e. The highest BCUT2D eigenvalue weighted by molar-refractivity contribution is 5.40. The number of benzene rings is 1. The van der Waals surface area contributed by atoms with Crippen LogP contribution in [0.1, 0.15) is 36.8 Å². The summed E-state index contributed by atoms with van der Waals surface area (Å²) in [5.41, 5.74) is 8.03. The van der Waals surface area contributed by atoms with E-state index in [9.17, 15) is 0 Å². The normalized spacial score (nSPS) is 23.9. The third kappa shape index (κ3) is 3.03. The van der Waals surface area contributed by atoms with Crippen molar-refractivity contribution in [2.45, 2.75) is 51.4 Å². The van der Waals surface area contributed by atoms with Gasteiger partial charge in [-0.3, -0.25) is 0 Å². The SMILES string of the molecule is COC1CCCC(Oc2c(C)cccc2CN)C1. The number of aryl methyl sites for hydroxylation is 1. The van der Waals surface area contributed by atoms with E-state index in [1.807, 2.05) is 12.1 Å². The Morgan fingerprint density at radius 3 is 2.78 bits per heavy atom. The summed E-state index contributed by atoms with van der Waals surface area (Å²) >= 11 is 0. The van der Waals surface area contributed by atoms with Crippen molar-refractivity contribution in [2.24, 2.45) is 5.73 Å². The summed E-state index contributed by atoms with van der Waals surface area (Å²) in [5, 5.41) is 0. The van der Waals surface area contributed by atoms with Crippen LogP contribution in [0.3, 0.4) is 0 Å². The summed E-state index contributed by atoms with van der Waals surface area (Å²) in [6.45, 7) is 2.60. The number of ether oxygens (including phenoxy) is 2. The Bertz CT molecular complexity index is 392. The lowest BCUT2D eigenvalue weighted by atomic mass is 9.94. The van der Waals surface area contributed by atoms with E-state index in [1.165, 1.54) is 6.42 Å². The first-order valence-electron chi connectivity index (χ1n) is 6.72. The predicted octanol–water partition coefficient (Wildman–Crippen LogP) is 2.79. The minimum absolute atomic E-state index is 0.259. The molecule has 0 radical (unpaired) electrons. The van der Waals surface area contributed by atoms with Crippen LogP contribution in [0.2, 0.25) is 0 Å². The molecule has 0 amide bonds. The third-order valence-corrected chi connectivity index (χ3v) is 3.71. The Morgan fingerprint density at radius 1 is 1.28 bits per heavy atom. The average Bonchev–Trinajstić information content (AvgIpc) is 2.41. The maximum atomic E-state index is 6.18. The molecule has 1 aromatic rings. The van der Waals surface area contributed by atoms with Crippen molar-refractivity contribution in [1.82, 2.24) is 0 Å². The van der Waals surface area contributed by atoms with Crippen LogP contribution in [0.5, 0.6) is 5.75 Å². The molecule has 2 N–H and O–H groups in total. The standard InChI is InChI=1S/C15H23NO2/c1-11-5-3-6-12(10-16)15(11)18-14-8-4-7-13(9-14)17-2/h3,5-6,13-14H,4,7-10,16H2,1-2H3. The number of rotatable bonds is 4. The van der Waals surface area contributed by atoms with Gasteiger partial charge in [0, 0.05) is 25.6 Å². The van der Waals surface area contributed by atoms with Crippen LogP contribution in [0.25, 0.3) is 0 Å². The minimum atomic E-state index is 0.259. The highest BCUT2D eigenvalue weighted by Crippen LogP contribution is 2.29. The van der Waals surface area contributed by atoms with Crippen LogP contribution in [0.4, 0.5) is 0 Å². The summed E-state index contributed by atoms with van der Waals surface area (Å²) < 4.78 is 11.6. The first-order valence-corrected chi connectivity index (χ1v) is 6.72. The molecule has 18 heavy (non-hydrogen) atoms. The molecule has 1 aromatic carbocycles. The Kier molecular flexibility index (Phi) is 4.61. The molecule has 2 atom stereocenters. The van der Waals surface area contributed by atoms with E-state index in [4.69, 9.17) is 15.2 Å². The van der Waals surface area contributed by atoms with Crippen molar-refractivity contribution in [3.05, 3.63) is 29.3 Å². The lowest BCUT2D eigenvalue weighted by Gasteiger charge is -2.29. The Morgan fingerprint density at radius 2 is 2.06 bits per heavy atom. The second-order valence-corrected chi connectivity index (χ2v) is 5.03. The summed E-state index contributed by atoms with van der Waals surface area (Å²) in [6.07, 6.45) is 5.01. The summed E-state index contributed by atoms with van der Waals surface area (Å²) in [5.74, 6) is 0.974. The minimum Gasteiger partial charge on any atom is -0.490 e. The van der Waals surface area contributed by atoms with Gasteiger partial charge in [-0.05, 0) is 31.7 Å². The molecular weight excluding hydrogens is 226 g/mol. The average molecular weight is 249 g/mol. The summed E-state index contributed by atoms with van der Waals surface area (Å²) in [6, 6.07) is 6.15. The molecule has 0 bridgehead atoms. The zero-order valence-electron chi connectivity index (χ0n) is 11.3. The Hall–Kier alpha value is -1.06. The summed E-state index contributed by atoms with van der Waals surface area (Å²) in [4.78, 5) is 0. The molecule has 0 spiro atoms. The molecule has 1 aliphatic rings. The van der Waals surface area contributed by atoms with Gasteiger partial charge in [-0.2, -0.15) is 0 Å². The van der Waals surface area contributed by atoms with Crippen molar-refractivity contribution < 1.29 is 9.47 Å². The quantitative estimate of drug-likeness (QED) is 0.892. The van der Waals surface area contributed by atoms with Gasteiger partial charge in [0.2, 0.25) is 0 Å². The molecule has 0 aliphatic heterocycles. The van der Waals surface area contributed by atoms with Crippen molar-refractivity contribution in [3.63, 3.8) is 0 Å². The number of nitrogens with two attached hydrogens (primary N) is 1. The largest absolute Gasteiger partial charge is 0.490 e. The fourth-order valence-electron chi connectivity index (χ4n) is 2.63. The van der Waals surface area contributed by atoms with Gasteiger partial charge >= 0.3 is 0 Å². The van der Waals surface area contributed by atoms with Gasteiger partial charge in [0.25, 0.3) is 0 Å². The maximum absolute atomic E-state index is 6.18. The number of hydrogen-bond donors (Lipinski definition) is 1. The Labute approximate surface area is 109 Å². The lowest BCUT2D eigenvalue weighted by Crippen LogP contribution is -2.30. The van der Waals surface area contributed by atoms with Crippen molar-refractivity contribution >= 4 is 0 Å². The zero-order valence-corrected chi connectivity index (χ0v) is 11.3. The highest BCUT2D eigenvalue weighted by atomic mass is 16.5. The van der Waals surface area contributed by atoms with Crippen molar-refractivity contribution in [1.29, 1.82) is 0 Å². The first kappa shape index (κ1) is 13.4. The molecule has 2 unspecified atom stereocenters. The topological polar surface area (TPSA) is 44.5 Å². The molecule has 1 aliphatic carbocycles. The van der Waals surface area contributed by atoms with Gasteiger partial charge in [-0.25, -0.2) is 0 Å². The van der Waals surface area contributed by atoms with E-state index < -0.39 is 0 Å². The van der Waals surface area contributed by atoms with E-state index in [1.54, 1.807) is 7.11 Å². The molecule has 1 saturated carbocycles. The fraction of sp³-hybridized carbons (Fsp3) is 0.600. The summed E-state index contributed by atoms with van der Waals surface area (Å²) in [7, 11) is 1.78. The number of para-hydroxylation sites is 1. The first-order chi connectivity index (χ1) is 8.74. The van der Waals surface area contributed by atoms with E-state index in [0.29, 0.717) is 12.6 Å². The van der Waals surface area contributed by atoms with Crippen LogP contribution in [0, 0.1) is 6.92 Å². The molecular formula is C15H23NO2. The van der Waals surface area contributed by atoms with Gasteiger partial charge in [0.05, 0.1) is 6.10 Å². The van der Waals surface area contributed by atoms with E-state index in [-0.39, 0.29) is 6.10 Å². The van der Waals surface area contributed by atoms with Gasteiger partial charge in [-0.1, -0.05) is 18.2 Å². The molecule has 100 valence electrons. The van der Waals surface area contributed by atoms with E-state index in [2.05, 4.69) is 13.0 Å². The molecule has 0 aromatic heterocycles. The molecule has 2 rings (SSSR count). The van der Waals surface area contributed by atoms with E-state index >= 15 is 0 Å². The van der Waals surface area contributed by atoms with Gasteiger partial charge in [-0.15, -0.1) is 0 Å². The smallest absolute Gasteiger partial charge is 0.127 e. The van der Waals surface area contributed by atoms with Crippen LogP contribution in [0.15, 0.2) is 18.2 Å². The van der Waals surface area contributed by atoms with Crippen LogP contribution in [-0.2, 0) is 11.3 Å². The molecule has 1 fully saturated rings. The Balaban J connectivity index is 2.09. The monoisotopic (exact) mass is 249 g/mol.